The summed E-state index contributed by atoms with van der Waals surface area (Å²) in [6, 6.07) is 3.87. The number of terminal acetylenes is 1. The highest BCUT2D eigenvalue weighted by Crippen LogP contribution is 2.35. The van der Waals surface area contributed by atoms with E-state index in [1.165, 1.54) is 6.92 Å². The molecule has 0 saturated heterocycles. The van der Waals surface area contributed by atoms with Crippen LogP contribution in [0.5, 0.6) is 5.75 Å². The lowest BCUT2D eigenvalue weighted by atomic mass is 9.84. The highest BCUT2D eigenvalue weighted by molar-refractivity contribution is 5.72. The number of ether oxygens (including phenoxy) is 1. The molecule has 0 radical (unpaired) electrons. The van der Waals surface area contributed by atoms with E-state index in [1.807, 2.05) is 19.1 Å². The third-order valence-electron chi connectivity index (χ3n) is 2.44. The number of hydrogen-bond donors (Lipinski definition) is 0. The molecule has 0 unspecified atom stereocenters. The second-order valence-electron chi connectivity index (χ2n) is 5.18. The molecule has 0 aliphatic heterocycles. The normalized spacial score (nSPS) is 10.8. The molecule has 0 atom stereocenters. The number of carbonyl (C=O) groups is 1. The molecule has 0 bridgehead atoms. The van der Waals surface area contributed by atoms with Crippen LogP contribution in [0.3, 0.4) is 0 Å². The third kappa shape index (κ3) is 3.10. The fourth-order valence-electron chi connectivity index (χ4n) is 1.69. The van der Waals surface area contributed by atoms with Gasteiger partial charge in [-0.2, -0.15) is 0 Å². The molecule has 17 heavy (non-hydrogen) atoms. The van der Waals surface area contributed by atoms with Crippen molar-refractivity contribution in [2.45, 2.75) is 40.0 Å². The van der Waals surface area contributed by atoms with Crippen molar-refractivity contribution in [3.63, 3.8) is 0 Å². The fourth-order valence-corrected chi connectivity index (χ4v) is 1.69. The van der Waals surface area contributed by atoms with Crippen molar-refractivity contribution in [2.24, 2.45) is 0 Å². The SMILES string of the molecule is C#Cc1cc(C)cc(C(C)(C)C)c1OC(C)=O. The Bertz CT molecular complexity index is 485. The largest absolute Gasteiger partial charge is 0.425 e. The molecule has 1 aromatic rings. The smallest absolute Gasteiger partial charge is 0.308 e. The Kier molecular flexibility index (Phi) is 3.63. The molecule has 0 aromatic heterocycles. The molecule has 2 heteroatoms. The average molecular weight is 230 g/mol. The van der Waals surface area contributed by atoms with Gasteiger partial charge < -0.3 is 4.74 Å². The molecule has 2 nitrogen and oxygen atoms in total. The minimum atomic E-state index is -0.351. The Labute approximate surface area is 103 Å². The molecular formula is C15H18O2. The van der Waals surface area contributed by atoms with Gasteiger partial charge in [-0.25, -0.2) is 0 Å². The third-order valence-corrected chi connectivity index (χ3v) is 2.44. The lowest BCUT2D eigenvalue weighted by molar-refractivity contribution is -0.131. The van der Waals surface area contributed by atoms with Crippen molar-refractivity contribution in [1.82, 2.24) is 0 Å². The van der Waals surface area contributed by atoms with Crippen LogP contribution in [0.25, 0.3) is 0 Å². The molecule has 90 valence electrons. The Morgan fingerprint density at radius 3 is 2.35 bits per heavy atom. The van der Waals surface area contributed by atoms with Crippen molar-refractivity contribution in [3.8, 4) is 18.1 Å². The van der Waals surface area contributed by atoms with Crippen molar-refractivity contribution >= 4 is 5.97 Å². The van der Waals surface area contributed by atoms with Crippen molar-refractivity contribution in [3.05, 3.63) is 28.8 Å². The van der Waals surface area contributed by atoms with E-state index in [1.54, 1.807) is 0 Å². The first kappa shape index (κ1) is 13.3. The van der Waals surface area contributed by atoms with Gasteiger partial charge in [0.05, 0.1) is 5.56 Å². The van der Waals surface area contributed by atoms with Crippen LogP contribution in [-0.2, 0) is 10.2 Å². The molecular weight excluding hydrogens is 212 g/mol. The lowest BCUT2D eigenvalue weighted by Crippen LogP contribution is -2.16. The van der Waals surface area contributed by atoms with Crippen LogP contribution in [0.15, 0.2) is 12.1 Å². The summed E-state index contributed by atoms with van der Waals surface area (Å²) in [5.74, 6) is 2.74. The van der Waals surface area contributed by atoms with E-state index in [9.17, 15) is 4.79 Å². The Morgan fingerprint density at radius 1 is 1.35 bits per heavy atom. The summed E-state index contributed by atoms with van der Waals surface area (Å²) in [6.07, 6.45) is 5.47. The molecule has 0 aliphatic carbocycles. The summed E-state index contributed by atoms with van der Waals surface area (Å²) in [4.78, 5) is 11.2. The van der Waals surface area contributed by atoms with Crippen LogP contribution in [0.2, 0.25) is 0 Å². The maximum Gasteiger partial charge on any atom is 0.308 e. The van der Waals surface area contributed by atoms with Gasteiger partial charge in [-0.1, -0.05) is 32.8 Å². The van der Waals surface area contributed by atoms with E-state index in [0.717, 1.165) is 11.1 Å². The van der Waals surface area contributed by atoms with E-state index in [2.05, 4.69) is 26.7 Å². The molecule has 1 rings (SSSR count). The molecule has 0 spiro atoms. The first-order chi connectivity index (χ1) is 7.75. The van der Waals surface area contributed by atoms with Gasteiger partial charge in [0.1, 0.15) is 5.75 Å². The molecule has 0 heterocycles. The second-order valence-corrected chi connectivity index (χ2v) is 5.18. The quantitative estimate of drug-likeness (QED) is 0.421. The minimum Gasteiger partial charge on any atom is -0.425 e. The van der Waals surface area contributed by atoms with Gasteiger partial charge in [0.2, 0.25) is 0 Å². The zero-order valence-corrected chi connectivity index (χ0v) is 11.0. The number of esters is 1. The van der Waals surface area contributed by atoms with Crippen LogP contribution < -0.4 is 4.74 Å². The van der Waals surface area contributed by atoms with Gasteiger partial charge >= 0.3 is 5.97 Å². The lowest BCUT2D eigenvalue weighted by Gasteiger charge is -2.23. The first-order valence-corrected chi connectivity index (χ1v) is 5.56. The van der Waals surface area contributed by atoms with E-state index in [0.29, 0.717) is 11.3 Å². The number of benzene rings is 1. The maximum atomic E-state index is 11.2. The molecule has 0 saturated carbocycles. The van der Waals surface area contributed by atoms with E-state index >= 15 is 0 Å². The van der Waals surface area contributed by atoms with E-state index < -0.39 is 0 Å². The fraction of sp³-hybridized carbons (Fsp3) is 0.400. The Morgan fingerprint density at radius 2 is 1.94 bits per heavy atom. The Balaban J connectivity index is 3.51. The molecule has 1 aromatic carbocycles. The summed E-state index contributed by atoms with van der Waals surface area (Å²) < 4.78 is 5.27. The predicted octanol–water partition coefficient (Wildman–Crippen LogP) is 3.20. The molecule has 0 fully saturated rings. The first-order valence-electron chi connectivity index (χ1n) is 5.56. The zero-order chi connectivity index (χ0) is 13.2. The number of aryl methyl sites for hydroxylation is 1. The van der Waals surface area contributed by atoms with Crippen molar-refractivity contribution < 1.29 is 9.53 Å². The van der Waals surface area contributed by atoms with Crippen LogP contribution in [0, 0.1) is 19.3 Å². The monoisotopic (exact) mass is 230 g/mol. The van der Waals surface area contributed by atoms with Crippen LogP contribution in [-0.4, -0.2) is 5.97 Å². The highest BCUT2D eigenvalue weighted by atomic mass is 16.5. The van der Waals surface area contributed by atoms with Crippen LogP contribution >= 0.6 is 0 Å². The summed E-state index contributed by atoms with van der Waals surface area (Å²) in [7, 11) is 0. The molecule has 0 amide bonds. The van der Waals surface area contributed by atoms with Crippen molar-refractivity contribution in [1.29, 1.82) is 0 Å². The standard InChI is InChI=1S/C15H18O2/c1-7-12-8-10(2)9-13(15(4,5)6)14(12)17-11(3)16/h1,8-9H,2-6H3. The number of carbonyl (C=O) groups excluding carboxylic acids is 1. The molecule has 0 aliphatic rings. The highest BCUT2D eigenvalue weighted by Gasteiger charge is 2.22. The zero-order valence-electron chi connectivity index (χ0n) is 11.0. The summed E-state index contributed by atoms with van der Waals surface area (Å²) in [5, 5.41) is 0. The minimum absolute atomic E-state index is 0.123. The number of hydrogen-bond acceptors (Lipinski definition) is 2. The van der Waals surface area contributed by atoms with Gasteiger partial charge in [-0.05, 0) is 24.0 Å². The topological polar surface area (TPSA) is 26.3 Å². The van der Waals surface area contributed by atoms with Gasteiger partial charge in [0.25, 0.3) is 0 Å². The van der Waals surface area contributed by atoms with Crippen LogP contribution in [0.4, 0.5) is 0 Å². The summed E-state index contributed by atoms with van der Waals surface area (Å²) in [5.41, 5.74) is 2.53. The maximum absolute atomic E-state index is 11.2. The summed E-state index contributed by atoms with van der Waals surface area (Å²) >= 11 is 0. The molecule has 0 N–H and O–H groups in total. The predicted molar refractivity (Wildman–Crippen MR) is 69.1 cm³/mol. The van der Waals surface area contributed by atoms with Gasteiger partial charge in [0.15, 0.2) is 0 Å². The second kappa shape index (κ2) is 4.63. The van der Waals surface area contributed by atoms with Gasteiger partial charge in [-0.15, -0.1) is 6.42 Å². The van der Waals surface area contributed by atoms with Crippen LogP contribution in [0.1, 0.15) is 44.4 Å². The average Bonchev–Trinajstić information content (AvgIpc) is 2.17. The van der Waals surface area contributed by atoms with Gasteiger partial charge in [0, 0.05) is 12.5 Å². The Hall–Kier alpha value is -1.75. The number of rotatable bonds is 1. The van der Waals surface area contributed by atoms with E-state index in [-0.39, 0.29) is 11.4 Å². The summed E-state index contributed by atoms with van der Waals surface area (Å²) in [6.45, 7) is 9.55. The van der Waals surface area contributed by atoms with Crippen molar-refractivity contribution in [2.75, 3.05) is 0 Å². The van der Waals surface area contributed by atoms with E-state index in [4.69, 9.17) is 11.2 Å². The van der Waals surface area contributed by atoms with Gasteiger partial charge in [-0.3, -0.25) is 4.79 Å².